The molecule has 1 saturated heterocycles. The van der Waals surface area contributed by atoms with E-state index in [4.69, 9.17) is 9.84 Å². The van der Waals surface area contributed by atoms with Crippen molar-refractivity contribution in [3.63, 3.8) is 0 Å². The quantitative estimate of drug-likeness (QED) is 0.284. The highest BCUT2D eigenvalue weighted by Crippen LogP contribution is 2.33. The molecule has 0 aromatic carbocycles. The number of aromatic nitrogens is 5. The van der Waals surface area contributed by atoms with Gasteiger partial charge >= 0.3 is 6.16 Å². The molecule has 1 fully saturated rings. The van der Waals surface area contributed by atoms with Crippen LogP contribution in [-0.2, 0) is 4.84 Å². The summed E-state index contributed by atoms with van der Waals surface area (Å²) in [6, 6.07) is 4.75. The number of rotatable bonds is 7. The first-order chi connectivity index (χ1) is 16.9. The topological polar surface area (TPSA) is 150 Å². The Bertz CT molecular complexity index is 1340. The number of fused-ring (bicyclic) bond motifs is 3. The molecule has 5 heterocycles. The third-order valence-corrected chi connectivity index (χ3v) is 5.74. The van der Waals surface area contributed by atoms with Gasteiger partial charge in [0, 0.05) is 30.4 Å². The number of alkyl halides is 2. The summed E-state index contributed by atoms with van der Waals surface area (Å²) in [5.41, 5.74) is 4.99. The number of aliphatic hydroxyl groups excluding tert-OH is 1. The Kier molecular flexibility index (Phi) is 6.05. The van der Waals surface area contributed by atoms with Gasteiger partial charge in [0.15, 0.2) is 5.65 Å². The number of hydrogen-bond acceptors (Lipinski definition) is 9. The van der Waals surface area contributed by atoms with Crippen LogP contribution in [0.1, 0.15) is 6.42 Å². The number of anilines is 1. The van der Waals surface area contributed by atoms with Gasteiger partial charge in [-0.2, -0.15) is 5.10 Å². The normalized spacial score (nSPS) is 18.5. The lowest BCUT2D eigenvalue weighted by molar-refractivity contribution is -0.00987. The van der Waals surface area contributed by atoms with Crippen molar-refractivity contribution in [2.45, 2.75) is 25.0 Å². The Balaban J connectivity index is 1.41. The van der Waals surface area contributed by atoms with E-state index in [1.54, 1.807) is 29.0 Å². The van der Waals surface area contributed by atoms with Crippen molar-refractivity contribution in [2.75, 3.05) is 24.6 Å². The molecule has 1 aliphatic rings. The van der Waals surface area contributed by atoms with E-state index < -0.39 is 31.3 Å². The zero-order chi connectivity index (χ0) is 24.5. The van der Waals surface area contributed by atoms with Crippen LogP contribution < -0.4 is 15.1 Å². The number of nitrogens with zero attached hydrogens (tertiary/aromatic N) is 5. The zero-order valence-electron chi connectivity index (χ0n) is 18.1. The van der Waals surface area contributed by atoms with Crippen LogP contribution in [0.25, 0.3) is 27.7 Å². The molecule has 4 N–H and O–H groups in total. The standard InChI is InChI=1S/C21H21F2N7O5/c22-17(23)10-34-12-5-13(19-14-7-25-26-20(14)27-30(19)8-12)11-1-2-18(24-6-11)29-4-3-15(16(31)9-29)28-35-21(32)33/h1-2,5-8,15-17,28,31H,3-4,9-10H2,(H,26,27)(H,32,33)/t15-,16-/m0/s1. The summed E-state index contributed by atoms with van der Waals surface area (Å²) < 4.78 is 32.2. The molecule has 0 aliphatic carbocycles. The number of β-amino-alcohol motifs (C(OH)–C–C–N with tert-alkyl or cyclic N) is 1. The van der Waals surface area contributed by atoms with Crippen molar-refractivity contribution < 1.29 is 33.4 Å². The van der Waals surface area contributed by atoms with E-state index in [1.165, 1.54) is 6.20 Å². The van der Waals surface area contributed by atoms with Crippen LogP contribution in [0.2, 0.25) is 0 Å². The Morgan fingerprint density at radius 1 is 1.34 bits per heavy atom. The number of pyridine rings is 2. The highest BCUT2D eigenvalue weighted by molar-refractivity contribution is 6.00. The molecule has 4 aromatic rings. The molecule has 0 saturated carbocycles. The van der Waals surface area contributed by atoms with Crippen molar-refractivity contribution in [2.24, 2.45) is 0 Å². The minimum atomic E-state index is -2.61. The average Bonchev–Trinajstić information content (AvgIpc) is 3.42. The first kappa shape index (κ1) is 22.7. The molecule has 1 aliphatic heterocycles. The van der Waals surface area contributed by atoms with E-state index >= 15 is 0 Å². The zero-order valence-corrected chi connectivity index (χ0v) is 18.1. The molecule has 0 bridgehead atoms. The molecular weight excluding hydrogens is 468 g/mol. The molecule has 0 spiro atoms. The molecule has 2 atom stereocenters. The van der Waals surface area contributed by atoms with Gasteiger partial charge in [0.2, 0.25) is 0 Å². The highest BCUT2D eigenvalue weighted by Gasteiger charge is 2.29. The van der Waals surface area contributed by atoms with E-state index in [0.717, 1.165) is 5.39 Å². The number of halogens is 2. The largest absolute Gasteiger partial charge is 0.525 e. The molecule has 14 heteroatoms. The summed E-state index contributed by atoms with van der Waals surface area (Å²) in [6.07, 6.45) is 0.300. The second kappa shape index (κ2) is 9.31. The fraction of sp³-hybridized carbons (Fsp3) is 0.333. The molecular formula is C21H21F2N7O5. The van der Waals surface area contributed by atoms with Crippen molar-refractivity contribution in [1.82, 2.24) is 30.3 Å². The summed E-state index contributed by atoms with van der Waals surface area (Å²) in [7, 11) is 0. The van der Waals surface area contributed by atoms with Gasteiger partial charge in [0.25, 0.3) is 6.43 Å². The smallest absolute Gasteiger partial charge is 0.486 e. The Hall–Kier alpha value is -4.04. The Morgan fingerprint density at radius 3 is 2.91 bits per heavy atom. The molecule has 184 valence electrons. The molecule has 12 nitrogen and oxygen atoms in total. The van der Waals surface area contributed by atoms with Gasteiger partial charge in [-0.3, -0.25) is 5.10 Å². The lowest BCUT2D eigenvalue weighted by Gasteiger charge is -2.36. The maximum atomic E-state index is 12.7. The molecule has 0 radical (unpaired) electrons. The van der Waals surface area contributed by atoms with Gasteiger partial charge in [0.1, 0.15) is 18.2 Å². The van der Waals surface area contributed by atoms with Crippen molar-refractivity contribution in [3.8, 4) is 16.9 Å². The Morgan fingerprint density at radius 2 is 2.20 bits per heavy atom. The van der Waals surface area contributed by atoms with Gasteiger partial charge in [-0.25, -0.2) is 23.1 Å². The van der Waals surface area contributed by atoms with Crippen LogP contribution in [-0.4, -0.2) is 79.4 Å². The summed E-state index contributed by atoms with van der Waals surface area (Å²) in [6.45, 7) is 0.00341. The minimum Gasteiger partial charge on any atom is -0.486 e. The minimum absolute atomic E-state index is 0.229. The van der Waals surface area contributed by atoms with E-state index in [2.05, 4.69) is 30.6 Å². The monoisotopic (exact) mass is 489 g/mol. The predicted molar refractivity (Wildman–Crippen MR) is 118 cm³/mol. The summed E-state index contributed by atoms with van der Waals surface area (Å²) >= 11 is 0. The number of piperidine rings is 1. The maximum absolute atomic E-state index is 12.7. The van der Waals surface area contributed by atoms with Crippen LogP contribution in [0.5, 0.6) is 5.75 Å². The second-order valence-electron chi connectivity index (χ2n) is 8.02. The van der Waals surface area contributed by atoms with Gasteiger partial charge in [-0.1, -0.05) is 0 Å². The number of hydroxylamine groups is 1. The lowest BCUT2D eigenvalue weighted by Crippen LogP contribution is -2.53. The van der Waals surface area contributed by atoms with Gasteiger partial charge < -0.3 is 24.7 Å². The van der Waals surface area contributed by atoms with Crippen LogP contribution in [0.4, 0.5) is 19.4 Å². The number of hydrogen-bond donors (Lipinski definition) is 4. The van der Waals surface area contributed by atoms with E-state index in [0.29, 0.717) is 41.1 Å². The molecule has 0 amide bonds. The molecule has 0 unspecified atom stereocenters. The maximum Gasteiger partial charge on any atom is 0.525 e. The first-order valence-corrected chi connectivity index (χ1v) is 10.7. The van der Waals surface area contributed by atoms with Crippen LogP contribution >= 0.6 is 0 Å². The second-order valence-corrected chi connectivity index (χ2v) is 8.02. The van der Waals surface area contributed by atoms with Gasteiger partial charge in [-0.15, -0.1) is 10.6 Å². The van der Waals surface area contributed by atoms with E-state index in [-0.39, 0.29) is 12.3 Å². The third kappa shape index (κ3) is 4.65. The molecule has 35 heavy (non-hydrogen) atoms. The number of carbonyl (C=O) groups is 1. The lowest BCUT2D eigenvalue weighted by atomic mass is 10.0. The average molecular weight is 489 g/mol. The van der Waals surface area contributed by atoms with Gasteiger partial charge in [0.05, 0.1) is 35.4 Å². The SMILES string of the molecule is O=C(O)ON[C@H]1CCN(c2ccc(-c3cc(OCC(F)F)cn4nc5[nH]ncc5c34)cn2)C[C@@H]1O. The number of nitrogens with one attached hydrogen (secondary N) is 2. The number of aliphatic hydroxyl groups is 1. The fourth-order valence-corrected chi connectivity index (χ4v) is 4.13. The van der Waals surface area contributed by atoms with Crippen molar-refractivity contribution in [1.29, 1.82) is 0 Å². The number of carboxylic acid groups (broad SMARTS) is 1. The summed E-state index contributed by atoms with van der Waals surface area (Å²) in [5.74, 6) is 0.852. The number of H-pyrrole nitrogens is 1. The number of aromatic amines is 1. The van der Waals surface area contributed by atoms with Crippen LogP contribution in [0.3, 0.4) is 0 Å². The molecule has 4 aromatic heterocycles. The summed E-state index contributed by atoms with van der Waals surface area (Å²) in [5, 5.41) is 30.9. The van der Waals surface area contributed by atoms with E-state index in [9.17, 15) is 18.7 Å². The number of ether oxygens (including phenoxy) is 1. The van der Waals surface area contributed by atoms with Gasteiger partial charge in [-0.05, 0) is 24.6 Å². The third-order valence-electron chi connectivity index (χ3n) is 5.74. The highest BCUT2D eigenvalue weighted by atomic mass is 19.3. The van der Waals surface area contributed by atoms with E-state index in [1.807, 2.05) is 11.0 Å². The van der Waals surface area contributed by atoms with Crippen molar-refractivity contribution in [3.05, 3.63) is 36.8 Å². The van der Waals surface area contributed by atoms with Crippen LogP contribution in [0.15, 0.2) is 36.8 Å². The van der Waals surface area contributed by atoms with Crippen molar-refractivity contribution >= 4 is 28.5 Å². The predicted octanol–water partition coefficient (Wildman–Crippen LogP) is 2.06. The Labute approximate surface area is 196 Å². The van der Waals surface area contributed by atoms with Crippen LogP contribution in [0, 0.1) is 0 Å². The first-order valence-electron chi connectivity index (χ1n) is 10.7. The fourth-order valence-electron chi connectivity index (χ4n) is 4.13. The summed E-state index contributed by atoms with van der Waals surface area (Å²) in [4.78, 5) is 21.3. The molecule has 5 rings (SSSR count).